The Kier molecular flexibility index (Phi) is 11.0. The van der Waals surface area contributed by atoms with E-state index in [-0.39, 0.29) is 26.2 Å². The fourth-order valence-corrected chi connectivity index (χ4v) is 5.24. The third-order valence-corrected chi connectivity index (χ3v) is 6.88. The lowest BCUT2D eigenvalue weighted by Crippen LogP contribution is -2.47. The summed E-state index contributed by atoms with van der Waals surface area (Å²) in [7, 11) is 1.27. The van der Waals surface area contributed by atoms with Crippen LogP contribution < -0.4 is 0 Å². The van der Waals surface area contributed by atoms with Crippen molar-refractivity contribution in [3.05, 3.63) is 84.4 Å². The first-order valence-electron chi connectivity index (χ1n) is 13.2. The van der Waals surface area contributed by atoms with Crippen LogP contribution in [0.5, 0.6) is 0 Å². The molecule has 0 bridgehead atoms. The van der Waals surface area contributed by atoms with Crippen LogP contribution in [0, 0.1) is 5.92 Å². The lowest BCUT2D eigenvalue weighted by atomic mass is 9.94. The van der Waals surface area contributed by atoms with Gasteiger partial charge >= 0.3 is 23.9 Å². The van der Waals surface area contributed by atoms with Gasteiger partial charge in [-0.15, -0.1) is 6.58 Å². The minimum absolute atomic E-state index is 0.0601. The lowest BCUT2D eigenvalue weighted by Gasteiger charge is -2.36. The Hall–Kier alpha value is -4.02. The Balaban J connectivity index is 2.21. The number of carbonyl (C=O) groups excluding carboxylic acids is 3. The number of carboxylic acid groups (broad SMARTS) is 1. The van der Waals surface area contributed by atoms with E-state index in [4.69, 9.17) is 14.2 Å². The van der Waals surface area contributed by atoms with Crippen molar-refractivity contribution in [1.82, 2.24) is 9.80 Å². The maximum Gasteiger partial charge on any atom is 0.323 e. The predicted molar refractivity (Wildman–Crippen MR) is 146 cm³/mol. The maximum absolute atomic E-state index is 13.1. The van der Waals surface area contributed by atoms with Gasteiger partial charge in [0.1, 0.15) is 6.04 Å². The minimum atomic E-state index is -1.31. The summed E-state index contributed by atoms with van der Waals surface area (Å²) >= 11 is 0. The molecule has 4 atom stereocenters. The molecule has 0 amide bonds. The van der Waals surface area contributed by atoms with Crippen molar-refractivity contribution in [2.24, 2.45) is 5.92 Å². The molecule has 0 aliphatic carbocycles. The quantitative estimate of drug-likeness (QED) is 0.171. The molecular weight excluding hydrogens is 516 g/mol. The van der Waals surface area contributed by atoms with Gasteiger partial charge in [0, 0.05) is 6.04 Å². The molecule has 0 saturated carbocycles. The molecular formula is C30H36N2O8. The van der Waals surface area contributed by atoms with Crippen molar-refractivity contribution in [2.75, 3.05) is 26.9 Å². The highest BCUT2D eigenvalue weighted by Gasteiger charge is 2.54. The van der Waals surface area contributed by atoms with E-state index in [0.29, 0.717) is 11.1 Å². The Bertz CT molecular complexity index is 1150. The van der Waals surface area contributed by atoms with Gasteiger partial charge < -0.3 is 19.3 Å². The van der Waals surface area contributed by atoms with Gasteiger partial charge in [0.2, 0.25) is 0 Å². The fraction of sp³-hybridized carbons (Fsp3) is 0.400. The molecule has 1 aliphatic rings. The van der Waals surface area contributed by atoms with E-state index in [1.165, 1.54) is 13.2 Å². The number of methoxy groups -OCH3 is 1. The molecule has 214 valence electrons. The van der Waals surface area contributed by atoms with Crippen molar-refractivity contribution < 1.29 is 38.5 Å². The van der Waals surface area contributed by atoms with Crippen LogP contribution in [-0.4, -0.2) is 77.7 Å². The normalized spacial score (nSPS) is 20.1. The molecule has 3 rings (SSSR count). The number of ether oxygens (including phenoxy) is 3. The topological polar surface area (TPSA) is 123 Å². The van der Waals surface area contributed by atoms with E-state index in [0.717, 1.165) is 0 Å². The highest BCUT2D eigenvalue weighted by Crippen LogP contribution is 2.47. The summed E-state index contributed by atoms with van der Waals surface area (Å²) in [5.74, 6) is -4.52. The number of hydrogen-bond donors (Lipinski definition) is 1. The molecule has 1 fully saturated rings. The van der Waals surface area contributed by atoms with Crippen molar-refractivity contribution >= 4 is 23.9 Å². The van der Waals surface area contributed by atoms with Crippen molar-refractivity contribution in [3.8, 4) is 0 Å². The molecule has 4 unspecified atom stereocenters. The van der Waals surface area contributed by atoms with Gasteiger partial charge in [-0.2, -0.15) is 0 Å². The molecule has 1 saturated heterocycles. The zero-order valence-electron chi connectivity index (χ0n) is 23.0. The summed E-state index contributed by atoms with van der Waals surface area (Å²) in [4.78, 5) is 54.9. The fourth-order valence-electron chi connectivity index (χ4n) is 5.24. The summed E-state index contributed by atoms with van der Waals surface area (Å²) in [6, 6.07) is 15.4. The van der Waals surface area contributed by atoms with E-state index in [2.05, 4.69) is 6.58 Å². The number of carbonyl (C=O) groups is 4. The maximum atomic E-state index is 13.1. The first kappa shape index (κ1) is 30.5. The number of carboxylic acids is 1. The van der Waals surface area contributed by atoms with Gasteiger partial charge in [0.15, 0.2) is 5.92 Å². The second-order valence-corrected chi connectivity index (χ2v) is 9.21. The van der Waals surface area contributed by atoms with Gasteiger partial charge in [-0.3, -0.25) is 29.0 Å². The van der Waals surface area contributed by atoms with Gasteiger partial charge in [0.25, 0.3) is 0 Å². The first-order chi connectivity index (χ1) is 19.3. The average Bonchev–Trinajstić information content (AvgIpc) is 3.29. The monoisotopic (exact) mass is 552 g/mol. The van der Waals surface area contributed by atoms with Crippen LogP contribution >= 0.6 is 0 Å². The number of aliphatic carboxylic acids is 1. The number of esters is 3. The van der Waals surface area contributed by atoms with E-state index in [1.54, 1.807) is 47.9 Å². The largest absolute Gasteiger partial charge is 0.480 e. The predicted octanol–water partition coefficient (Wildman–Crippen LogP) is 3.36. The molecule has 1 N–H and O–H groups in total. The molecule has 0 aromatic heterocycles. The molecule has 0 spiro atoms. The molecule has 10 heteroatoms. The second-order valence-electron chi connectivity index (χ2n) is 9.21. The second kappa shape index (κ2) is 14.4. The van der Waals surface area contributed by atoms with Gasteiger partial charge in [-0.25, -0.2) is 0 Å². The number of benzene rings is 2. The Labute approximate surface area is 234 Å². The van der Waals surface area contributed by atoms with Crippen LogP contribution in [0.3, 0.4) is 0 Å². The molecule has 40 heavy (non-hydrogen) atoms. The average molecular weight is 553 g/mol. The molecule has 2 aromatic rings. The number of hydrogen-bond acceptors (Lipinski definition) is 9. The third-order valence-electron chi connectivity index (χ3n) is 6.88. The molecule has 1 heterocycles. The number of rotatable bonds is 13. The molecule has 10 nitrogen and oxygen atoms in total. The molecule has 2 aromatic carbocycles. The van der Waals surface area contributed by atoms with E-state index in [1.807, 2.05) is 36.4 Å². The number of nitrogens with zero attached hydrogens (tertiary/aromatic N) is 2. The summed E-state index contributed by atoms with van der Waals surface area (Å²) in [5.41, 5.74) is 1.39. The third kappa shape index (κ3) is 6.75. The van der Waals surface area contributed by atoms with Gasteiger partial charge in [-0.05, 0) is 31.4 Å². The summed E-state index contributed by atoms with van der Waals surface area (Å²) in [6.07, 6.45) is 0.628. The van der Waals surface area contributed by atoms with Crippen molar-refractivity contribution in [3.63, 3.8) is 0 Å². The van der Waals surface area contributed by atoms with Crippen molar-refractivity contribution in [1.29, 1.82) is 0 Å². The van der Waals surface area contributed by atoms with Crippen LogP contribution in [0.4, 0.5) is 0 Å². The van der Waals surface area contributed by atoms with E-state index >= 15 is 0 Å². The van der Waals surface area contributed by atoms with Crippen LogP contribution in [0.1, 0.15) is 43.6 Å². The SMILES string of the molecule is C=CC(CC(C(=O)OCC)C(=O)OCC)N1C(C(=O)O)C(c2ccccc2)N(CC(=O)OC)C1c1ccccc1. The highest BCUT2D eigenvalue weighted by atomic mass is 16.6. The Morgan fingerprint density at radius 1 is 0.925 bits per heavy atom. The Morgan fingerprint density at radius 2 is 1.45 bits per heavy atom. The zero-order valence-corrected chi connectivity index (χ0v) is 23.0. The summed E-state index contributed by atoms with van der Waals surface area (Å²) in [5, 5.41) is 10.7. The van der Waals surface area contributed by atoms with Gasteiger partial charge in [-0.1, -0.05) is 66.7 Å². The standard InChI is InChI=1S/C30H36N2O8/c1-5-22(18-23(29(36)39-6-2)30(37)40-7-3)32-26(28(34)35)25(20-14-10-8-11-15-20)31(19-24(33)38-4)27(32)21-16-12-9-13-17-21/h5,8-17,22-23,25-27H,1,6-7,18-19H2,2-4H3,(H,34,35). The molecule has 0 radical (unpaired) electrons. The van der Waals surface area contributed by atoms with Crippen LogP contribution in [0.2, 0.25) is 0 Å². The minimum Gasteiger partial charge on any atom is -0.480 e. The van der Waals surface area contributed by atoms with Crippen molar-refractivity contribution in [2.45, 2.75) is 44.6 Å². The van der Waals surface area contributed by atoms with Crippen LogP contribution in [-0.2, 0) is 33.4 Å². The first-order valence-corrected chi connectivity index (χ1v) is 13.2. The summed E-state index contributed by atoms with van der Waals surface area (Å²) in [6.45, 7) is 7.12. The van der Waals surface area contributed by atoms with Gasteiger partial charge in [0.05, 0.1) is 39.1 Å². The lowest BCUT2D eigenvalue weighted by molar-refractivity contribution is -0.162. The van der Waals surface area contributed by atoms with E-state index < -0.39 is 54.1 Å². The summed E-state index contributed by atoms with van der Waals surface area (Å²) < 4.78 is 15.3. The Morgan fingerprint density at radius 3 is 1.90 bits per heavy atom. The smallest absolute Gasteiger partial charge is 0.323 e. The van der Waals surface area contributed by atoms with Crippen LogP contribution in [0.25, 0.3) is 0 Å². The molecule has 1 aliphatic heterocycles. The van der Waals surface area contributed by atoms with Crippen LogP contribution in [0.15, 0.2) is 73.3 Å². The zero-order chi connectivity index (χ0) is 29.2. The van der Waals surface area contributed by atoms with E-state index in [9.17, 15) is 24.3 Å². The highest BCUT2D eigenvalue weighted by molar-refractivity contribution is 5.95.